The van der Waals surface area contributed by atoms with E-state index in [4.69, 9.17) is 13.9 Å². The van der Waals surface area contributed by atoms with Crippen LogP contribution in [0.4, 0.5) is 0 Å². The molecule has 1 aromatic heterocycles. The minimum absolute atomic E-state index is 0.259. The zero-order valence-electron chi connectivity index (χ0n) is 14.9. The molecule has 0 saturated carbocycles. The maximum Gasteiger partial charge on any atom is 0.330 e. The molecule has 0 spiro atoms. The molecule has 2 aromatic rings. The van der Waals surface area contributed by atoms with Crippen molar-refractivity contribution in [3.63, 3.8) is 0 Å². The second kappa shape index (κ2) is 8.30. The van der Waals surface area contributed by atoms with Crippen LogP contribution in [-0.4, -0.2) is 48.1 Å². The largest absolute Gasteiger partial charge is 0.497 e. The van der Waals surface area contributed by atoms with Gasteiger partial charge in [-0.15, -0.1) is 11.8 Å². The minimum Gasteiger partial charge on any atom is -0.497 e. The Morgan fingerprint density at radius 1 is 1.22 bits per heavy atom. The minimum atomic E-state index is -0.758. The third-order valence-corrected chi connectivity index (χ3v) is 5.46. The van der Waals surface area contributed by atoms with Crippen LogP contribution >= 0.6 is 11.8 Å². The van der Waals surface area contributed by atoms with Gasteiger partial charge in [0, 0.05) is 18.2 Å². The average Bonchev–Trinajstić information content (AvgIpc) is 3.35. The third-order valence-electron chi connectivity index (χ3n) is 4.18. The Labute approximate surface area is 160 Å². The fourth-order valence-electron chi connectivity index (χ4n) is 2.82. The fourth-order valence-corrected chi connectivity index (χ4v) is 4.23. The highest BCUT2D eigenvalue weighted by Gasteiger charge is 2.43. The van der Waals surface area contributed by atoms with E-state index in [-0.39, 0.29) is 23.7 Å². The van der Waals surface area contributed by atoms with Crippen LogP contribution in [0.5, 0.6) is 5.75 Å². The lowest BCUT2D eigenvalue weighted by Crippen LogP contribution is -2.43. The summed E-state index contributed by atoms with van der Waals surface area (Å²) in [7, 11) is 1.54. The Hall–Kier alpha value is -2.74. The van der Waals surface area contributed by atoms with Crippen LogP contribution in [0.3, 0.4) is 0 Å². The number of carbonyl (C=O) groups is 3. The summed E-state index contributed by atoms with van der Waals surface area (Å²) in [5, 5.41) is -0.382. The number of ether oxygens (including phenoxy) is 2. The highest BCUT2D eigenvalue weighted by atomic mass is 32.2. The van der Waals surface area contributed by atoms with E-state index in [1.807, 2.05) is 0 Å². The zero-order valence-corrected chi connectivity index (χ0v) is 15.7. The van der Waals surface area contributed by atoms with Gasteiger partial charge in [0.25, 0.3) is 0 Å². The van der Waals surface area contributed by atoms with Gasteiger partial charge in [-0.25, -0.2) is 4.79 Å². The number of methoxy groups -OCH3 is 1. The molecule has 27 heavy (non-hydrogen) atoms. The van der Waals surface area contributed by atoms with Gasteiger partial charge in [-0.05, 0) is 36.4 Å². The molecule has 1 aliphatic heterocycles. The first-order valence-corrected chi connectivity index (χ1v) is 9.34. The Balaban J connectivity index is 1.63. The summed E-state index contributed by atoms with van der Waals surface area (Å²) < 4.78 is 15.6. The highest BCUT2D eigenvalue weighted by Crippen LogP contribution is 2.41. The molecule has 0 aliphatic carbocycles. The first-order valence-electron chi connectivity index (χ1n) is 8.29. The van der Waals surface area contributed by atoms with Crippen molar-refractivity contribution in [2.45, 2.75) is 18.3 Å². The predicted octanol–water partition coefficient (Wildman–Crippen LogP) is 2.68. The molecule has 1 aliphatic rings. The van der Waals surface area contributed by atoms with Crippen molar-refractivity contribution in [1.82, 2.24) is 4.90 Å². The van der Waals surface area contributed by atoms with E-state index in [1.165, 1.54) is 37.0 Å². The summed E-state index contributed by atoms with van der Waals surface area (Å²) in [6.45, 7) is 1.01. The fraction of sp³-hybridized carbons (Fsp3) is 0.316. The van der Waals surface area contributed by atoms with E-state index in [2.05, 4.69) is 0 Å². The van der Waals surface area contributed by atoms with Crippen LogP contribution in [-0.2, 0) is 14.3 Å². The van der Waals surface area contributed by atoms with Crippen molar-refractivity contribution in [3.8, 4) is 5.75 Å². The smallest absolute Gasteiger partial charge is 0.330 e. The quantitative estimate of drug-likeness (QED) is 0.554. The van der Waals surface area contributed by atoms with Crippen LogP contribution in [0.1, 0.15) is 28.4 Å². The summed E-state index contributed by atoms with van der Waals surface area (Å²) in [4.78, 5) is 38.2. The van der Waals surface area contributed by atoms with Gasteiger partial charge in [0.15, 0.2) is 12.4 Å². The number of hydrogen-bond donors (Lipinski definition) is 0. The third kappa shape index (κ3) is 4.16. The topological polar surface area (TPSA) is 86.1 Å². The predicted molar refractivity (Wildman–Crippen MR) is 98.5 cm³/mol. The van der Waals surface area contributed by atoms with Crippen LogP contribution in [0.2, 0.25) is 0 Å². The van der Waals surface area contributed by atoms with Crippen molar-refractivity contribution in [2.75, 3.05) is 19.5 Å². The lowest BCUT2D eigenvalue weighted by molar-refractivity contribution is -0.152. The van der Waals surface area contributed by atoms with Gasteiger partial charge in [-0.1, -0.05) is 0 Å². The number of nitrogens with zero attached hydrogens (tertiary/aromatic N) is 1. The van der Waals surface area contributed by atoms with Gasteiger partial charge in [0.2, 0.25) is 5.91 Å². The number of rotatable bonds is 6. The van der Waals surface area contributed by atoms with Gasteiger partial charge < -0.3 is 18.8 Å². The number of ketones is 1. The van der Waals surface area contributed by atoms with E-state index in [1.54, 1.807) is 36.4 Å². The Kier molecular flexibility index (Phi) is 5.85. The molecule has 142 valence electrons. The van der Waals surface area contributed by atoms with Gasteiger partial charge >= 0.3 is 5.97 Å². The molecular formula is C19H19NO6S. The summed E-state index contributed by atoms with van der Waals surface area (Å²) in [6, 6.07) is 9.26. The number of esters is 1. The SMILES string of the molecule is COc1ccc(C(=O)COC(=O)[C@@H]2CS[C@@H](c3ccco3)N2C(C)=O)cc1. The molecular weight excluding hydrogens is 370 g/mol. The number of carbonyl (C=O) groups excluding carboxylic acids is 3. The summed E-state index contributed by atoms with van der Waals surface area (Å²) >= 11 is 1.42. The van der Waals surface area contributed by atoms with Crippen LogP contribution in [0.15, 0.2) is 47.1 Å². The standard InChI is InChI=1S/C19H19NO6S/c1-12(21)20-15(11-27-18(20)17-4-3-9-25-17)19(23)26-10-16(22)13-5-7-14(24-2)8-6-13/h3-9,15,18H,10-11H2,1-2H3/t15-,18-/m0/s1. The van der Waals surface area contributed by atoms with E-state index < -0.39 is 12.0 Å². The van der Waals surface area contributed by atoms with Gasteiger partial charge in [0.1, 0.15) is 22.9 Å². The first-order chi connectivity index (χ1) is 13.0. The number of Topliss-reactive ketones (excluding diaryl/α,β-unsaturated/α-hetero) is 1. The molecule has 0 radical (unpaired) electrons. The van der Waals surface area contributed by atoms with E-state index in [0.29, 0.717) is 22.8 Å². The van der Waals surface area contributed by atoms with Crippen molar-refractivity contribution in [3.05, 3.63) is 54.0 Å². The van der Waals surface area contributed by atoms with E-state index >= 15 is 0 Å². The van der Waals surface area contributed by atoms with Crippen LogP contribution in [0.25, 0.3) is 0 Å². The molecule has 1 fully saturated rings. The second-order valence-electron chi connectivity index (χ2n) is 5.90. The number of hydrogen-bond acceptors (Lipinski definition) is 7. The summed E-state index contributed by atoms with van der Waals surface area (Å²) in [5.41, 5.74) is 0.418. The summed E-state index contributed by atoms with van der Waals surface area (Å²) in [5.74, 6) is 0.417. The Morgan fingerprint density at radius 2 is 1.96 bits per heavy atom. The number of amides is 1. The zero-order chi connectivity index (χ0) is 19.4. The Morgan fingerprint density at radius 3 is 2.56 bits per heavy atom. The first kappa shape index (κ1) is 19.0. The number of benzene rings is 1. The molecule has 2 atom stereocenters. The number of furan rings is 1. The second-order valence-corrected chi connectivity index (χ2v) is 7.02. The van der Waals surface area contributed by atoms with Gasteiger partial charge in [0.05, 0.1) is 13.4 Å². The molecule has 0 N–H and O–H groups in total. The average molecular weight is 389 g/mol. The molecule has 0 unspecified atom stereocenters. The molecule has 0 bridgehead atoms. The maximum absolute atomic E-state index is 12.5. The monoisotopic (exact) mass is 389 g/mol. The Bertz CT molecular complexity index is 817. The van der Waals surface area contributed by atoms with Crippen LogP contribution < -0.4 is 4.74 Å². The van der Waals surface area contributed by atoms with Gasteiger partial charge in [-0.3, -0.25) is 9.59 Å². The lowest BCUT2D eigenvalue weighted by Gasteiger charge is -2.25. The van der Waals surface area contributed by atoms with E-state index in [9.17, 15) is 14.4 Å². The maximum atomic E-state index is 12.5. The van der Waals surface area contributed by atoms with Gasteiger partial charge in [-0.2, -0.15) is 0 Å². The van der Waals surface area contributed by atoms with Crippen molar-refractivity contribution < 1.29 is 28.3 Å². The van der Waals surface area contributed by atoms with Crippen molar-refractivity contribution >= 4 is 29.4 Å². The molecule has 1 aromatic carbocycles. The van der Waals surface area contributed by atoms with Crippen LogP contribution in [0, 0.1) is 0 Å². The molecule has 7 nitrogen and oxygen atoms in total. The number of thioether (sulfide) groups is 1. The molecule has 8 heteroatoms. The molecule has 2 heterocycles. The van der Waals surface area contributed by atoms with Crippen molar-refractivity contribution in [1.29, 1.82) is 0 Å². The summed E-state index contributed by atoms with van der Waals surface area (Å²) in [6.07, 6.45) is 1.52. The molecule has 1 amide bonds. The normalized spacial score (nSPS) is 19.0. The highest BCUT2D eigenvalue weighted by molar-refractivity contribution is 7.99. The van der Waals surface area contributed by atoms with E-state index in [0.717, 1.165) is 0 Å². The molecule has 1 saturated heterocycles. The van der Waals surface area contributed by atoms with Crippen molar-refractivity contribution in [2.24, 2.45) is 0 Å². The molecule has 3 rings (SSSR count). The lowest BCUT2D eigenvalue weighted by atomic mass is 10.1.